The second-order valence-electron chi connectivity index (χ2n) is 3.46. The van der Waals surface area contributed by atoms with E-state index in [9.17, 15) is 4.79 Å². The quantitative estimate of drug-likeness (QED) is 0.428. The van der Waals surface area contributed by atoms with Crippen LogP contribution in [0.2, 0.25) is 0 Å². The number of benzene rings is 1. The number of thiol groups is 1. The summed E-state index contributed by atoms with van der Waals surface area (Å²) in [7, 11) is 0. The minimum absolute atomic E-state index is 0.214. The molecule has 0 aliphatic heterocycles. The maximum atomic E-state index is 11.2. The third-order valence-corrected chi connectivity index (χ3v) is 2.26. The van der Waals surface area contributed by atoms with E-state index in [1.54, 1.807) is 25.3 Å². The summed E-state index contributed by atoms with van der Waals surface area (Å²) in [4.78, 5) is 11.2. The second kappa shape index (κ2) is 14.2. The highest BCUT2D eigenvalue weighted by molar-refractivity contribution is 7.79. The molecular weight excluding hydrogens is 274 g/mol. The summed E-state index contributed by atoms with van der Waals surface area (Å²) in [5.74, 6) is -0.288. The van der Waals surface area contributed by atoms with Gasteiger partial charge in [0.1, 0.15) is 0 Å². The van der Waals surface area contributed by atoms with Crippen molar-refractivity contribution in [2.75, 3.05) is 18.6 Å². The van der Waals surface area contributed by atoms with E-state index in [-0.39, 0.29) is 12.4 Å². The number of nitrogens with two attached hydrogens (primary N) is 1. The Morgan fingerprint density at radius 1 is 1.45 bits per heavy atom. The summed E-state index contributed by atoms with van der Waals surface area (Å²) in [6.07, 6.45) is 1.79. The fourth-order valence-corrected chi connectivity index (χ4v) is 1.44. The van der Waals surface area contributed by atoms with Crippen LogP contribution in [0.3, 0.4) is 0 Å². The molecule has 20 heavy (non-hydrogen) atoms. The Bertz CT molecular complexity index is 378. The first kappa shape index (κ1) is 18.8. The molecule has 0 aromatic heterocycles. The van der Waals surface area contributed by atoms with E-state index in [4.69, 9.17) is 11.9 Å². The van der Waals surface area contributed by atoms with Crippen LogP contribution >= 0.6 is 12.6 Å². The van der Waals surface area contributed by atoms with Crippen LogP contribution < -0.4 is 5.73 Å². The lowest BCUT2D eigenvalue weighted by molar-refractivity contribution is -0.143. The van der Waals surface area contributed by atoms with Crippen molar-refractivity contribution in [2.24, 2.45) is 0 Å². The molecule has 0 saturated heterocycles. The van der Waals surface area contributed by atoms with Crippen LogP contribution in [0.5, 0.6) is 0 Å². The van der Waals surface area contributed by atoms with Gasteiger partial charge in [0.15, 0.2) is 0 Å². The maximum absolute atomic E-state index is 11.2. The zero-order chi connectivity index (χ0) is 16.7. The Balaban J connectivity index is 0. The summed E-state index contributed by atoms with van der Waals surface area (Å²) >= 11 is 3.53. The van der Waals surface area contributed by atoms with Crippen molar-refractivity contribution in [1.29, 1.82) is 1.43 Å². The van der Waals surface area contributed by atoms with Gasteiger partial charge >= 0.3 is 5.97 Å². The molecule has 1 unspecified atom stereocenters. The Hall–Kier alpha value is -1.20. The number of esters is 1. The molecule has 0 aliphatic rings. The summed E-state index contributed by atoms with van der Waals surface area (Å²) in [5.41, 5.74) is 7.07. The van der Waals surface area contributed by atoms with E-state index in [0.717, 1.165) is 5.56 Å². The number of anilines is 1. The molecule has 1 atom stereocenters. The summed E-state index contributed by atoms with van der Waals surface area (Å²) in [5, 5.41) is 4.61. The molecule has 0 fully saturated rings. The molecule has 5 heteroatoms. The summed E-state index contributed by atoms with van der Waals surface area (Å²) in [6, 6.07) is 7.17. The number of hydrogen-bond acceptors (Lipinski definition) is 5. The molecule has 0 heterocycles. The molecule has 4 nitrogen and oxygen atoms in total. The number of aliphatic hydroxyl groups is 1. The first-order valence-corrected chi connectivity index (χ1v) is 7.65. The van der Waals surface area contributed by atoms with Gasteiger partial charge in [-0.2, -0.15) is 12.6 Å². The number of hydrogen-bond donors (Lipinski definition) is 3. The van der Waals surface area contributed by atoms with Crippen LogP contribution in [0.1, 0.15) is 45.3 Å². The van der Waals surface area contributed by atoms with E-state index >= 15 is 0 Å². The van der Waals surface area contributed by atoms with Crippen molar-refractivity contribution in [3.63, 3.8) is 0 Å². The first-order valence-electron chi connectivity index (χ1n) is 7.16. The standard InChI is InChI=1S/C12H17NO3.C2H6.CH4S/c1-2-16-12(15)8-7-11(14)9-5-3-4-6-10(9)13;2*1-2/h3-6,11,14H,2,7-8,13H2,1H3;1-2H3;2H,1H3/i14T;;. The van der Waals surface area contributed by atoms with Crippen LogP contribution in [0.15, 0.2) is 24.3 Å². The zero-order valence-electron chi connectivity index (χ0n) is 13.8. The van der Waals surface area contributed by atoms with Gasteiger partial charge in [-0.25, -0.2) is 0 Å². The molecule has 116 valence electrons. The molecule has 0 bridgehead atoms. The Labute approximate surface area is 129 Å². The summed E-state index contributed by atoms with van der Waals surface area (Å²) in [6.45, 7) is 6.12. The topological polar surface area (TPSA) is 72.5 Å². The smallest absolute Gasteiger partial charge is 0.305 e. The zero-order valence-corrected chi connectivity index (χ0v) is 13.7. The predicted octanol–water partition coefficient (Wildman–Crippen LogP) is 3.22. The third-order valence-electron chi connectivity index (χ3n) is 2.26. The molecule has 1 aromatic rings. The molecule has 0 radical (unpaired) electrons. The highest BCUT2D eigenvalue weighted by atomic mass is 32.1. The van der Waals surface area contributed by atoms with Crippen molar-refractivity contribution < 1.29 is 14.6 Å². The molecule has 3 N–H and O–H groups in total. The molecular formula is C15H27NO3S. The van der Waals surface area contributed by atoms with Gasteiger partial charge in [0, 0.05) is 17.7 Å². The number of rotatable bonds is 6. The number of ether oxygens (including phenoxy) is 1. The van der Waals surface area contributed by atoms with Crippen molar-refractivity contribution in [3.8, 4) is 0 Å². The van der Waals surface area contributed by atoms with E-state index in [1.807, 2.05) is 26.0 Å². The molecule has 0 spiro atoms. The number of para-hydroxylation sites is 1. The average molecular weight is 303 g/mol. The Kier molecular flexibility index (Phi) is 13.4. The lowest BCUT2D eigenvalue weighted by atomic mass is 10.0. The minimum atomic E-state index is -0.499. The van der Waals surface area contributed by atoms with E-state index in [0.29, 0.717) is 18.7 Å². The molecule has 0 saturated carbocycles. The number of carbonyl (C=O) groups is 1. The lowest BCUT2D eigenvalue weighted by Gasteiger charge is -2.12. The molecule has 0 aliphatic carbocycles. The van der Waals surface area contributed by atoms with Crippen molar-refractivity contribution in [1.82, 2.24) is 0 Å². The van der Waals surface area contributed by atoms with Gasteiger partial charge in [0.05, 0.1) is 12.7 Å². The molecule has 1 aromatic carbocycles. The fourth-order valence-electron chi connectivity index (χ4n) is 1.44. The Morgan fingerprint density at radius 2 is 2.05 bits per heavy atom. The van der Waals surface area contributed by atoms with Crippen LogP contribution in [0.25, 0.3) is 0 Å². The van der Waals surface area contributed by atoms with Crippen LogP contribution in [0, 0.1) is 0 Å². The largest absolute Gasteiger partial charge is 0.466 e. The average Bonchev–Trinajstić information content (AvgIpc) is 2.54. The van der Waals surface area contributed by atoms with Gasteiger partial charge in [-0.1, -0.05) is 32.0 Å². The van der Waals surface area contributed by atoms with Gasteiger partial charge in [0.25, 0.3) is 0 Å². The highest BCUT2D eigenvalue weighted by Gasteiger charge is 2.12. The van der Waals surface area contributed by atoms with Gasteiger partial charge in [-0.05, 0) is 25.7 Å². The maximum Gasteiger partial charge on any atom is 0.305 e. The fraction of sp³-hybridized carbons (Fsp3) is 0.533. The van der Waals surface area contributed by atoms with E-state index < -0.39 is 6.10 Å². The first-order chi connectivity index (χ1) is 10.2. The number of nitrogen functional groups attached to an aromatic ring is 1. The van der Waals surface area contributed by atoms with Crippen molar-refractivity contribution >= 4 is 24.3 Å². The minimum Gasteiger partial charge on any atom is -0.466 e. The van der Waals surface area contributed by atoms with Gasteiger partial charge < -0.3 is 15.6 Å². The second-order valence-corrected chi connectivity index (χ2v) is 3.46. The molecule has 1 rings (SSSR count). The normalized spacial score (nSPS) is 10.9. The van der Waals surface area contributed by atoms with Crippen LogP contribution in [0.4, 0.5) is 5.69 Å². The molecule has 0 amide bonds. The van der Waals surface area contributed by atoms with Crippen LogP contribution in [-0.2, 0) is 9.53 Å². The number of aliphatic hydroxyl groups excluding tert-OH is 1. The van der Waals surface area contributed by atoms with Crippen LogP contribution in [-0.4, -0.2) is 25.4 Å². The van der Waals surface area contributed by atoms with E-state index in [2.05, 4.69) is 17.7 Å². The monoisotopic (exact) mass is 303 g/mol. The van der Waals surface area contributed by atoms with E-state index in [1.165, 1.54) is 0 Å². The Morgan fingerprint density at radius 3 is 2.55 bits per heavy atom. The van der Waals surface area contributed by atoms with Gasteiger partial charge in [0.2, 0.25) is 1.43 Å². The van der Waals surface area contributed by atoms with Crippen molar-refractivity contribution in [2.45, 2.75) is 39.7 Å². The third kappa shape index (κ3) is 8.82. The SMILES string of the molecule is CC.CS.[3H]OC(CCC(=O)OCC)c1ccccc1N. The number of carbonyl (C=O) groups excluding carboxylic acids is 1. The van der Waals surface area contributed by atoms with Gasteiger partial charge in [-0.3, -0.25) is 4.79 Å². The highest BCUT2D eigenvalue weighted by Crippen LogP contribution is 2.23. The van der Waals surface area contributed by atoms with Crippen molar-refractivity contribution in [3.05, 3.63) is 29.8 Å². The predicted molar refractivity (Wildman–Crippen MR) is 87.9 cm³/mol. The summed E-state index contributed by atoms with van der Waals surface area (Å²) < 4.78 is 11.8. The lowest BCUT2D eigenvalue weighted by Crippen LogP contribution is -2.08. The van der Waals surface area contributed by atoms with Gasteiger partial charge in [-0.15, -0.1) is 0 Å².